The van der Waals surface area contributed by atoms with Crippen LogP contribution in [0.3, 0.4) is 0 Å². The summed E-state index contributed by atoms with van der Waals surface area (Å²) in [4.78, 5) is 12.8. The molecular formula is C24H30O11. The molecule has 2 unspecified atom stereocenters. The summed E-state index contributed by atoms with van der Waals surface area (Å²) in [5.41, 5.74) is -2.62. The van der Waals surface area contributed by atoms with Crippen molar-refractivity contribution in [2.75, 3.05) is 20.3 Å². The number of benzene rings is 1. The summed E-state index contributed by atoms with van der Waals surface area (Å²) in [6, 6.07) is 8.60. The van der Waals surface area contributed by atoms with Gasteiger partial charge in [-0.15, -0.1) is 0 Å². The molecule has 3 aliphatic carbocycles. The van der Waals surface area contributed by atoms with Crippen LogP contribution in [0.25, 0.3) is 0 Å². The Kier molecular flexibility index (Phi) is 5.20. The van der Waals surface area contributed by atoms with Crippen molar-refractivity contribution >= 4 is 5.97 Å². The summed E-state index contributed by atoms with van der Waals surface area (Å²) in [6.45, 7) is 1.19. The van der Waals surface area contributed by atoms with Gasteiger partial charge in [-0.2, -0.15) is 0 Å². The monoisotopic (exact) mass is 494 g/mol. The van der Waals surface area contributed by atoms with Gasteiger partial charge in [0.1, 0.15) is 42.2 Å². The highest BCUT2D eigenvalue weighted by atomic mass is 16.8. The summed E-state index contributed by atoms with van der Waals surface area (Å²) in [5, 5.41) is 40.7. The van der Waals surface area contributed by atoms with Gasteiger partial charge in [0.2, 0.25) is 0 Å². The molecule has 3 saturated carbocycles. The zero-order chi connectivity index (χ0) is 24.8. The third kappa shape index (κ3) is 2.79. The van der Waals surface area contributed by atoms with Crippen molar-refractivity contribution in [1.29, 1.82) is 0 Å². The van der Waals surface area contributed by atoms with Gasteiger partial charge >= 0.3 is 5.97 Å². The zero-order valence-corrected chi connectivity index (χ0v) is 19.4. The second-order valence-electron chi connectivity index (χ2n) is 10.4. The van der Waals surface area contributed by atoms with Crippen LogP contribution in [0.5, 0.6) is 0 Å². The van der Waals surface area contributed by atoms with Crippen molar-refractivity contribution in [2.24, 2.45) is 11.3 Å². The summed E-state index contributed by atoms with van der Waals surface area (Å²) in [7, 11) is 1.57. The van der Waals surface area contributed by atoms with E-state index in [0.29, 0.717) is 18.4 Å². The van der Waals surface area contributed by atoms with E-state index in [9.17, 15) is 25.2 Å². The molecule has 11 heteroatoms. The van der Waals surface area contributed by atoms with Crippen LogP contribution in [0.1, 0.15) is 30.1 Å². The van der Waals surface area contributed by atoms with Crippen molar-refractivity contribution < 1.29 is 53.6 Å². The molecule has 0 amide bonds. The number of carbonyl (C=O) groups excluding carboxylic acids is 1. The number of hydrogen-bond acceptors (Lipinski definition) is 11. The molecule has 0 radical (unpaired) electrons. The number of aliphatic hydroxyl groups excluding tert-OH is 4. The molecule has 1 aromatic rings. The van der Waals surface area contributed by atoms with Crippen LogP contribution in [0.15, 0.2) is 30.3 Å². The van der Waals surface area contributed by atoms with Crippen molar-refractivity contribution in [3.63, 3.8) is 0 Å². The fourth-order valence-electron chi connectivity index (χ4n) is 7.11. The lowest BCUT2D eigenvalue weighted by Gasteiger charge is -2.68. The number of aliphatic hydroxyl groups is 4. The van der Waals surface area contributed by atoms with Gasteiger partial charge in [-0.1, -0.05) is 18.2 Å². The molecule has 7 fully saturated rings. The van der Waals surface area contributed by atoms with Gasteiger partial charge < -0.3 is 48.8 Å². The van der Waals surface area contributed by atoms with E-state index >= 15 is 0 Å². The van der Waals surface area contributed by atoms with Crippen LogP contribution in [0.2, 0.25) is 0 Å². The standard InChI is InChI=1S/C24H30O11/c1-21-10-23(30-2)14-8-24(21,33-19-17(28)16(27)15(26)13(9-25)32-19)22(14,20(34-21)35-23)11-31-18(29)12-6-4-3-5-7-12/h3-7,13-17,19-20,25-28H,8-11H2,1-2H3/t13-,14?,15-,16+,17-,19+,20?,21-,22-,23+,24+/m1/s1. The maximum atomic E-state index is 12.8. The third-order valence-corrected chi connectivity index (χ3v) is 8.89. The van der Waals surface area contributed by atoms with Crippen LogP contribution in [0, 0.1) is 11.3 Å². The molecule has 192 valence electrons. The number of ether oxygens (including phenoxy) is 6. The highest BCUT2D eigenvalue weighted by Gasteiger charge is 2.95. The number of rotatable bonds is 7. The normalized spacial score (nSPS) is 51.3. The van der Waals surface area contributed by atoms with E-state index in [2.05, 4.69) is 0 Å². The van der Waals surface area contributed by atoms with E-state index in [1.54, 1.807) is 37.4 Å². The number of hydrogen-bond donors (Lipinski definition) is 4. The smallest absolute Gasteiger partial charge is 0.338 e. The first-order valence-electron chi connectivity index (χ1n) is 11.8. The molecule has 4 heterocycles. The van der Waals surface area contributed by atoms with E-state index in [4.69, 9.17) is 28.4 Å². The SMILES string of the molecule is CO[C@@]12C[C@@]3(C)OC(O1)[C@@]1(COC(=O)c4ccccc4)C2C[C@@]13O[C@@H]1O[C@H](CO)[C@@H](O)[C@H](O)[C@H]1O. The van der Waals surface area contributed by atoms with Crippen molar-refractivity contribution in [3.8, 4) is 0 Å². The van der Waals surface area contributed by atoms with Gasteiger partial charge in [0.15, 0.2) is 18.4 Å². The van der Waals surface area contributed by atoms with Gasteiger partial charge in [-0.25, -0.2) is 4.79 Å². The Morgan fingerprint density at radius 1 is 1.11 bits per heavy atom. The molecule has 6 bridgehead atoms. The lowest BCUT2D eigenvalue weighted by molar-refractivity contribution is -0.427. The fourth-order valence-corrected chi connectivity index (χ4v) is 7.11. The van der Waals surface area contributed by atoms with E-state index in [-0.39, 0.29) is 12.5 Å². The Balaban J connectivity index is 1.33. The zero-order valence-electron chi connectivity index (χ0n) is 19.4. The van der Waals surface area contributed by atoms with Crippen LogP contribution in [-0.2, 0) is 28.4 Å². The third-order valence-electron chi connectivity index (χ3n) is 8.89. The number of methoxy groups -OCH3 is 1. The Hall–Kier alpha value is -1.67. The molecule has 1 aromatic carbocycles. The second kappa shape index (κ2) is 7.67. The molecule has 7 aliphatic rings. The minimum atomic E-state index is -1.59. The maximum absolute atomic E-state index is 12.8. The molecule has 0 spiro atoms. The van der Waals surface area contributed by atoms with Gasteiger partial charge in [0.25, 0.3) is 0 Å². The Labute approximate surface area is 201 Å². The van der Waals surface area contributed by atoms with Crippen LogP contribution in [0.4, 0.5) is 0 Å². The van der Waals surface area contributed by atoms with Crippen molar-refractivity contribution in [3.05, 3.63) is 35.9 Å². The largest absolute Gasteiger partial charge is 0.461 e. The summed E-state index contributed by atoms with van der Waals surface area (Å²) < 4.78 is 36.3. The molecule has 8 rings (SSSR count). The summed E-state index contributed by atoms with van der Waals surface area (Å²) >= 11 is 0. The fraction of sp³-hybridized carbons (Fsp3) is 0.708. The van der Waals surface area contributed by atoms with Crippen molar-refractivity contribution in [1.82, 2.24) is 0 Å². The molecule has 35 heavy (non-hydrogen) atoms. The van der Waals surface area contributed by atoms with Crippen molar-refractivity contribution in [2.45, 2.75) is 73.8 Å². The molecule has 4 N–H and O–H groups in total. The van der Waals surface area contributed by atoms with Gasteiger partial charge in [-0.05, 0) is 25.5 Å². The topological polar surface area (TPSA) is 153 Å². The predicted molar refractivity (Wildman–Crippen MR) is 114 cm³/mol. The average molecular weight is 494 g/mol. The van der Waals surface area contributed by atoms with Gasteiger partial charge in [0.05, 0.1) is 17.6 Å². The molecular weight excluding hydrogens is 464 g/mol. The summed E-state index contributed by atoms with van der Waals surface area (Å²) in [6.07, 6.45) is -7.22. The van der Waals surface area contributed by atoms with E-state index in [1.165, 1.54) is 0 Å². The Morgan fingerprint density at radius 2 is 1.86 bits per heavy atom. The molecule has 11 nitrogen and oxygen atoms in total. The average Bonchev–Trinajstić information content (AvgIpc) is 3.07. The Bertz CT molecular complexity index is 1000. The second-order valence-corrected chi connectivity index (χ2v) is 10.4. The van der Waals surface area contributed by atoms with E-state index < -0.39 is 72.0 Å². The van der Waals surface area contributed by atoms with Gasteiger partial charge in [0, 0.05) is 19.4 Å². The van der Waals surface area contributed by atoms with Crippen LogP contribution >= 0.6 is 0 Å². The predicted octanol–water partition coefficient (Wildman–Crippen LogP) is -0.703. The molecule has 4 aliphatic heterocycles. The minimum absolute atomic E-state index is 0.0891. The van der Waals surface area contributed by atoms with Crippen LogP contribution < -0.4 is 0 Å². The van der Waals surface area contributed by atoms with E-state index in [0.717, 1.165) is 0 Å². The van der Waals surface area contributed by atoms with Gasteiger partial charge in [-0.3, -0.25) is 0 Å². The highest BCUT2D eigenvalue weighted by molar-refractivity contribution is 5.89. The lowest BCUT2D eigenvalue weighted by atomic mass is 9.41. The lowest BCUT2D eigenvalue weighted by Crippen LogP contribution is -2.81. The number of esters is 1. The highest BCUT2D eigenvalue weighted by Crippen LogP contribution is 2.82. The summed E-state index contributed by atoms with van der Waals surface area (Å²) in [5.74, 6) is -1.67. The molecule has 4 saturated heterocycles. The minimum Gasteiger partial charge on any atom is -0.461 e. The Morgan fingerprint density at radius 3 is 2.54 bits per heavy atom. The number of carbonyl (C=O) groups is 1. The van der Waals surface area contributed by atoms with Crippen LogP contribution in [-0.4, -0.2) is 101 Å². The molecule has 11 atom stereocenters. The maximum Gasteiger partial charge on any atom is 0.338 e. The molecule has 0 aromatic heterocycles. The quantitative estimate of drug-likeness (QED) is 0.356. The van der Waals surface area contributed by atoms with E-state index in [1.807, 2.05) is 6.92 Å². The first kappa shape index (κ1) is 23.7. The first-order chi connectivity index (χ1) is 16.7. The first-order valence-corrected chi connectivity index (χ1v) is 11.8.